The summed E-state index contributed by atoms with van der Waals surface area (Å²) in [6.07, 6.45) is 3.50. The largest absolute Gasteiger partial charge is 0.436 e. The minimum atomic E-state index is -0.152. The number of amides is 1. The highest BCUT2D eigenvalue weighted by Crippen LogP contribution is 2.30. The van der Waals surface area contributed by atoms with Crippen molar-refractivity contribution in [3.63, 3.8) is 0 Å². The average Bonchev–Trinajstić information content (AvgIpc) is 2.81. The van der Waals surface area contributed by atoms with Crippen molar-refractivity contribution >= 4 is 21.8 Å². The Balaban J connectivity index is 1.87. The summed E-state index contributed by atoms with van der Waals surface area (Å²) in [5.74, 6) is 1.30. The first-order valence-electron chi connectivity index (χ1n) is 5.92. The maximum Gasteiger partial charge on any atom is 0.289 e. The zero-order valence-electron chi connectivity index (χ0n) is 10.1. The van der Waals surface area contributed by atoms with E-state index in [2.05, 4.69) is 26.2 Å². The molecule has 1 aliphatic carbocycles. The molecular weight excluding hydrogens is 284 g/mol. The van der Waals surface area contributed by atoms with E-state index in [4.69, 9.17) is 4.42 Å². The minimum absolute atomic E-state index is 0.152. The van der Waals surface area contributed by atoms with E-state index in [1.165, 1.54) is 12.8 Å². The highest BCUT2D eigenvalue weighted by atomic mass is 79.9. The van der Waals surface area contributed by atoms with E-state index >= 15 is 0 Å². The van der Waals surface area contributed by atoms with Crippen LogP contribution in [-0.2, 0) is 0 Å². The predicted octanol–water partition coefficient (Wildman–Crippen LogP) is 2.58. The second kappa shape index (κ2) is 5.21. The summed E-state index contributed by atoms with van der Waals surface area (Å²) < 4.78 is 5.28. The summed E-state index contributed by atoms with van der Waals surface area (Å²) >= 11 is 3.60. The van der Waals surface area contributed by atoms with Crippen molar-refractivity contribution in [2.24, 2.45) is 5.92 Å². The monoisotopic (exact) mass is 300 g/mol. The molecule has 1 N–H and O–H groups in total. The Kier molecular flexibility index (Phi) is 3.86. The summed E-state index contributed by atoms with van der Waals surface area (Å²) in [7, 11) is 0. The first-order chi connectivity index (χ1) is 8.06. The number of hydrogen-bond acceptors (Lipinski definition) is 3. The Labute approximate surface area is 109 Å². The van der Waals surface area contributed by atoms with Crippen LogP contribution in [0.25, 0.3) is 0 Å². The van der Waals surface area contributed by atoms with Gasteiger partial charge in [0.05, 0.1) is 5.69 Å². The molecule has 0 spiro atoms. The van der Waals surface area contributed by atoms with Gasteiger partial charge in [0.2, 0.25) is 5.76 Å². The quantitative estimate of drug-likeness (QED) is 0.873. The van der Waals surface area contributed by atoms with E-state index in [0.29, 0.717) is 28.1 Å². The van der Waals surface area contributed by atoms with Crippen LogP contribution in [0.4, 0.5) is 0 Å². The van der Waals surface area contributed by atoms with Gasteiger partial charge in [-0.05, 0) is 32.1 Å². The van der Waals surface area contributed by atoms with Gasteiger partial charge in [-0.15, -0.1) is 0 Å². The molecule has 0 aromatic carbocycles. The van der Waals surface area contributed by atoms with Gasteiger partial charge in [-0.3, -0.25) is 4.79 Å². The third kappa shape index (κ3) is 3.09. The van der Waals surface area contributed by atoms with Crippen LogP contribution in [-0.4, -0.2) is 22.3 Å². The lowest BCUT2D eigenvalue weighted by Crippen LogP contribution is -2.28. The van der Waals surface area contributed by atoms with Gasteiger partial charge in [-0.1, -0.05) is 15.9 Å². The first kappa shape index (κ1) is 12.6. The van der Waals surface area contributed by atoms with E-state index in [-0.39, 0.29) is 5.91 Å². The van der Waals surface area contributed by atoms with E-state index in [9.17, 15) is 4.79 Å². The summed E-state index contributed by atoms with van der Waals surface area (Å²) in [5, 5.41) is 2.92. The minimum Gasteiger partial charge on any atom is -0.436 e. The Morgan fingerprint density at radius 1 is 1.53 bits per heavy atom. The zero-order chi connectivity index (χ0) is 12.4. The smallest absolute Gasteiger partial charge is 0.289 e. The lowest BCUT2D eigenvalue weighted by molar-refractivity contribution is 0.0917. The van der Waals surface area contributed by atoms with Crippen LogP contribution in [0.1, 0.15) is 41.4 Å². The molecule has 1 aromatic rings. The molecular formula is C12H17BrN2O2. The topological polar surface area (TPSA) is 55.1 Å². The molecule has 1 aromatic heterocycles. The number of rotatable bonds is 3. The second-order valence-corrected chi connectivity index (χ2v) is 5.93. The van der Waals surface area contributed by atoms with Gasteiger partial charge in [-0.2, -0.15) is 0 Å². The molecule has 1 amide bonds. The number of halogens is 1. The Morgan fingerprint density at radius 2 is 2.29 bits per heavy atom. The molecule has 1 fully saturated rings. The van der Waals surface area contributed by atoms with Crippen LogP contribution in [0, 0.1) is 19.8 Å². The Morgan fingerprint density at radius 3 is 2.82 bits per heavy atom. The highest BCUT2D eigenvalue weighted by molar-refractivity contribution is 9.09. The number of nitrogens with one attached hydrogen (secondary N) is 1. The van der Waals surface area contributed by atoms with Crippen molar-refractivity contribution in [1.29, 1.82) is 0 Å². The number of aromatic nitrogens is 1. The molecule has 0 bridgehead atoms. The molecule has 2 unspecified atom stereocenters. The van der Waals surface area contributed by atoms with E-state index < -0.39 is 0 Å². The molecule has 2 atom stereocenters. The van der Waals surface area contributed by atoms with E-state index in [1.807, 2.05) is 0 Å². The fourth-order valence-corrected chi connectivity index (χ4v) is 3.05. The van der Waals surface area contributed by atoms with Crippen molar-refractivity contribution in [3.05, 3.63) is 17.3 Å². The van der Waals surface area contributed by atoms with Gasteiger partial charge >= 0.3 is 0 Å². The maximum atomic E-state index is 11.9. The summed E-state index contributed by atoms with van der Waals surface area (Å²) in [6.45, 7) is 4.26. The SMILES string of the molecule is Cc1nc(C)c(C(=O)NCC2CCC(Br)C2)o1. The molecule has 1 aliphatic rings. The van der Waals surface area contributed by atoms with Gasteiger partial charge in [0.15, 0.2) is 5.89 Å². The van der Waals surface area contributed by atoms with Crippen molar-refractivity contribution in [2.45, 2.75) is 37.9 Å². The van der Waals surface area contributed by atoms with Crippen LogP contribution >= 0.6 is 15.9 Å². The Hall–Kier alpha value is -0.840. The van der Waals surface area contributed by atoms with Crippen molar-refractivity contribution in [3.8, 4) is 0 Å². The van der Waals surface area contributed by atoms with Crippen LogP contribution in [0.5, 0.6) is 0 Å². The highest BCUT2D eigenvalue weighted by Gasteiger charge is 2.24. The average molecular weight is 301 g/mol. The molecule has 4 nitrogen and oxygen atoms in total. The number of hydrogen-bond donors (Lipinski definition) is 1. The molecule has 2 rings (SSSR count). The lowest BCUT2D eigenvalue weighted by Gasteiger charge is -2.09. The molecule has 0 saturated heterocycles. The van der Waals surface area contributed by atoms with Crippen molar-refractivity contribution in [2.75, 3.05) is 6.54 Å². The molecule has 0 aliphatic heterocycles. The number of nitrogens with zero attached hydrogens (tertiary/aromatic N) is 1. The fourth-order valence-electron chi connectivity index (χ4n) is 2.26. The molecule has 17 heavy (non-hydrogen) atoms. The van der Waals surface area contributed by atoms with E-state index in [0.717, 1.165) is 13.0 Å². The van der Waals surface area contributed by atoms with Crippen molar-refractivity contribution < 1.29 is 9.21 Å². The van der Waals surface area contributed by atoms with Gasteiger partial charge in [0, 0.05) is 18.3 Å². The molecule has 1 saturated carbocycles. The van der Waals surface area contributed by atoms with Crippen LogP contribution < -0.4 is 5.32 Å². The molecule has 5 heteroatoms. The lowest BCUT2D eigenvalue weighted by atomic mass is 10.1. The van der Waals surface area contributed by atoms with Gasteiger partial charge < -0.3 is 9.73 Å². The standard InChI is InChI=1S/C12H17BrN2O2/c1-7-11(17-8(2)15-7)12(16)14-6-9-3-4-10(13)5-9/h9-10H,3-6H2,1-2H3,(H,14,16). The Bertz CT molecular complexity index is 417. The number of alkyl halides is 1. The fraction of sp³-hybridized carbons (Fsp3) is 0.667. The third-order valence-corrected chi connectivity index (χ3v) is 3.97. The van der Waals surface area contributed by atoms with Gasteiger partial charge in [0.25, 0.3) is 5.91 Å². The zero-order valence-corrected chi connectivity index (χ0v) is 11.7. The number of carbonyl (C=O) groups is 1. The summed E-state index contributed by atoms with van der Waals surface area (Å²) in [4.78, 5) is 16.6. The summed E-state index contributed by atoms with van der Waals surface area (Å²) in [5.41, 5.74) is 0.657. The maximum absolute atomic E-state index is 11.9. The molecule has 1 heterocycles. The van der Waals surface area contributed by atoms with Gasteiger partial charge in [0.1, 0.15) is 0 Å². The van der Waals surface area contributed by atoms with Crippen molar-refractivity contribution in [1.82, 2.24) is 10.3 Å². The normalized spacial score (nSPS) is 23.9. The summed E-state index contributed by atoms with van der Waals surface area (Å²) in [6, 6.07) is 0. The number of aryl methyl sites for hydroxylation is 2. The first-order valence-corrected chi connectivity index (χ1v) is 6.84. The van der Waals surface area contributed by atoms with Crippen LogP contribution in [0.3, 0.4) is 0 Å². The van der Waals surface area contributed by atoms with E-state index in [1.54, 1.807) is 13.8 Å². The molecule has 0 radical (unpaired) electrons. The van der Waals surface area contributed by atoms with Gasteiger partial charge in [-0.25, -0.2) is 4.98 Å². The predicted molar refractivity (Wildman–Crippen MR) is 68.4 cm³/mol. The van der Waals surface area contributed by atoms with Crippen LogP contribution in [0.2, 0.25) is 0 Å². The molecule has 94 valence electrons. The van der Waals surface area contributed by atoms with Crippen LogP contribution in [0.15, 0.2) is 4.42 Å². The number of carbonyl (C=O) groups excluding carboxylic acids is 1. The second-order valence-electron chi connectivity index (χ2n) is 4.63. The third-order valence-electron chi connectivity index (χ3n) is 3.14. The number of oxazole rings is 1.